The minimum absolute atomic E-state index is 0.127. The molecule has 0 saturated carbocycles. The van der Waals surface area contributed by atoms with Crippen LogP contribution in [-0.4, -0.2) is 96.7 Å². The first kappa shape index (κ1) is 79.7. The molecule has 17 aromatic rings. The van der Waals surface area contributed by atoms with Crippen molar-refractivity contribution in [3.63, 3.8) is 0 Å². The van der Waals surface area contributed by atoms with Crippen LogP contribution in [0.3, 0.4) is 0 Å². The largest absolute Gasteiger partial charge is 0.498 e. The summed E-state index contributed by atoms with van der Waals surface area (Å²) in [6.07, 6.45) is 16.3. The monoisotopic (exact) mass is 1610 g/mol. The van der Waals surface area contributed by atoms with E-state index in [0.717, 1.165) is 66.9 Å². The van der Waals surface area contributed by atoms with E-state index < -0.39 is 0 Å². The molecule has 582 valence electrons. The fourth-order valence-corrected chi connectivity index (χ4v) is 14.4. The van der Waals surface area contributed by atoms with Gasteiger partial charge in [-0.2, -0.15) is 20.6 Å². The molecule has 28 nitrogen and oxygen atoms in total. The number of H-pyrrole nitrogens is 3. The lowest BCUT2D eigenvalue weighted by molar-refractivity contribution is -0.640. The van der Waals surface area contributed by atoms with Crippen LogP contribution < -0.4 is 43.1 Å². The maximum atomic E-state index is 14.2. The summed E-state index contributed by atoms with van der Waals surface area (Å²) in [6.45, 7) is 28.9. The zero-order chi connectivity index (χ0) is 82.6. The summed E-state index contributed by atoms with van der Waals surface area (Å²) < 4.78 is 21.8. The highest BCUT2D eigenvalue weighted by Gasteiger charge is 2.52. The number of nitrogens with zero attached hydrogens (tertiary/aromatic N) is 17. The summed E-state index contributed by atoms with van der Waals surface area (Å²) in [5.41, 5.74) is 15.2. The molecule has 1 saturated heterocycles. The topological polar surface area (TPSA) is 331 Å². The number of nitriles is 1. The van der Waals surface area contributed by atoms with Crippen molar-refractivity contribution in [1.29, 1.82) is 5.26 Å². The van der Waals surface area contributed by atoms with E-state index >= 15 is 0 Å². The lowest BCUT2D eigenvalue weighted by Crippen LogP contribution is -2.41. The van der Waals surface area contributed by atoms with Gasteiger partial charge in [0.15, 0.2) is 12.1 Å². The molecule has 6 aromatic carbocycles. The summed E-state index contributed by atoms with van der Waals surface area (Å²) >= 11 is 18.4. The van der Waals surface area contributed by atoms with Crippen molar-refractivity contribution in [1.82, 2.24) is 78.3 Å². The number of hydrogen-bond acceptors (Lipinski definition) is 17. The number of anilines is 2. The van der Waals surface area contributed by atoms with Gasteiger partial charge in [-0.25, -0.2) is 34.6 Å². The van der Waals surface area contributed by atoms with Crippen molar-refractivity contribution < 1.29 is 13.9 Å². The fraction of sp³-hybridized carbons (Fsp3) is 0.165. The number of nitrogens with one attached hydrogen (secondary N) is 5. The molecule has 11 aromatic heterocycles. The third kappa shape index (κ3) is 16.1. The van der Waals surface area contributed by atoms with E-state index in [4.69, 9.17) is 68.3 Å². The Morgan fingerprint density at radius 1 is 0.556 bits per heavy atom. The van der Waals surface area contributed by atoms with E-state index in [-0.39, 0.29) is 53.1 Å². The van der Waals surface area contributed by atoms with Gasteiger partial charge in [-0.3, -0.25) is 37.4 Å². The summed E-state index contributed by atoms with van der Waals surface area (Å²) in [5.74, 6) is 1.01. The Morgan fingerprint density at radius 3 is 1.56 bits per heavy atom. The van der Waals surface area contributed by atoms with Crippen molar-refractivity contribution in [2.75, 3.05) is 10.6 Å². The molecule has 0 aliphatic carbocycles. The number of fused-ring (bicyclic) bond motifs is 6. The van der Waals surface area contributed by atoms with Crippen molar-refractivity contribution in [2.45, 2.75) is 77.8 Å². The van der Waals surface area contributed by atoms with Gasteiger partial charge in [0, 0.05) is 106 Å². The number of para-hydroxylation sites is 3. The van der Waals surface area contributed by atoms with Crippen LogP contribution in [0, 0.1) is 24.5 Å². The summed E-state index contributed by atoms with van der Waals surface area (Å²) in [6, 6.07) is 52.2. The lowest BCUT2D eigenvalue weighted by Gasteiger charge is -2.32. The van der Waals surface area contributed by atoms with E-state index in [1.807, 2.05) is 233 Å². The second-order valence-electron chi connectivity index (χ2n) is 28.3. The maximum absolute atomic E-state index is 14.2. The lowest BCUT2D eigenvalue weighted by atomic mass is 9.82. The third-order valence-electron chi connectivity index (χ3n) is 20.1. The quantitative estimate of drug-likeness (QED) is 0.0286. The van der Waals surface area contributed by atoms with Crippen molar-refractivity contribution in [2.24, 2.45) is 19.8 Å². The van der Waals surface area contributed by atoms with Gasteiger partial charge in [0.25, 0.3) is 22.4 Å². The van der Waals surface area contributed by atoms with Crippen molar-refractivity contribution >= 4 is 130 Å². The normalized spacial score (nSPS) is 13.4. The zero-order valence-corrected chi connectivity index (χ0v) is 66.8. The Balaban J connectivity index is 0.000000127. The highest BCUT2D eigenvalue weighted by molar-refractivity contribution is 6.62. The Hall–Kier alpha value is -14.0. The van der Waals surface area contributed by atoms with E-state index in [1.165, 1.54) is 23.6 Å². The number of aryl methyl sites for hydroxylation is 2. The first-order chi connectivity index (χ1) is 56.4. The Kier molecular flexibility index (Phi) is 22.9. The molecule has 1 fully saturated rings. The Labute approximate surface area is 684 Å². The minimum atomic E-state index is -0.341. The molecule has 3 atom stereocenters. The molecule has 18 rings (SSSR count). The SMILES string of the molecule is C[C@H](N)c1cc2cccc(Cl)c2c(=O)n1-c1ccccc1.Cn1cc(B2OC(C)(C)C(C)(C)O2)cn1.N#Cc1c[nH]c2ncnc(Cl)c12.[C-]#[N+]c1c[nH][n+]2ncnc(N[C@@H](C)c3cc4cccc(-c5cnn(C)c5)c4c(=O)n3-c3ccccc3)c12.[C-]#[N+]c1c[nH]c2ncnc(N[C@@H](C)c3cc4cccc(Cl)c4c(=O)n3-c3ccccc3)c12. The van der Waals surface area contributed by atoms with Gasteiger partial charge in [-0.05, 0) is 137 Å². The van der Waals surface area contributed by atoms with Crippen LogP contribution in [0.15, 0.2) is 241 Å². The van der Waals surface area contributed by atoms with E-state index in [9.17, 15) is 14.4 Å². The first-order valence-corrected chi connectivity index (χ1v) is 37.8. The van der Waals surface area contributed by atoms with Crippen LogP contribution >= 0.6 is 34.8 Å². The molecule has 12 heterocycles. The number of nitrogens with two attached hydrogens (primary N) is 1. The van der Waals surface area contributed by atoms with E-state index in [0.29, 0.717) is 87.5 Å². The predicted molar refractivity (Wildman–Crippen MR) is 456 cm³/mol. The molecule has 0 spiro atoms. The van der Waals surface area contributed by atoms with Gasteiger partial charge in [-0.15, -0.1) is 0 Å². The second-order valence-corrected chi connectivity index (χ2v) is 29.5. The number of benzene rings is 6. The van der Waals surface area contributed by atoms with Crippen LogP contribution in [0.2, 0.25) is 15.2 Å². The molecule has 0 bridgehead atoms. The van der Waals surface area contributed by atoms with Crippen LogP contribution in [-0.2, 0) is 23.4 Å². The molecular formula is C85H74BCl3N23O5+. The minimum Gasteiger partial charge on any atom is -0.399 e. The number of hydrogen-bond donors (Lipinski definition) is 6. The smallest absolute Gasteiger partial charge is 0.399 e. The molecule has 117 heavy (non-hydrogen) atoms. The van der Waals surface area contributed by atoms with Gasteiger partial charge in [0.2, 0.25) is 5.69 Å². The van der Waals surface area contributed by atoms with Crippen molar-refractivity contribution in [3.8, 4) is 34.3 Å². The predicted octanol–water partition coefficient (Wildman–Crippen LogP) is 15.5. The molecule has 7 N–H and O–H groups in total. The van der Waals surface area contributed by atoms with Gasteiger partial charge in [0.1, 0.15) is 41.0 Å². The van der Waals surface area contributed by atoms with Gasteiger partial charge in [0.05, 0.1) is 91.4 Å². The Morgan fingerprint density at radius 2 is 1.03 bits per heavy atom. The van der Waals surface area contributed by atoms with Gasteiger partial charge in [-0.1, -0.05) is 132 Å². The average molecular weight is 1610 g/mol. The summed E-state index contributed by atoms with van der Waals surface area (Å²) in [5, 5.41) is 37.3. The molecule has 1 aliphatic heterocycles. The van der Waals surface area contributed by atoms with E-state index in [1.54, 1.807) is 66.2 Å². The summed E-state index contributed by atoms with van der Waals surface area (Å²) in [4.78, 5) is 74.3. The van der Waals surface area contributed by atoms with Crippen LogP contribution in [0.1, 0.15) is 89.2 Å². The zero-order valence-electron chi connectivity index (χ0n) is 64.5. The first-order valence-electron chi connectivity index (χ1n) is 36.7. The molecule has 0 amide bonds. The highest BCUT2D eigenvalue weighted by atomic mass is 35.5. The molecule has 1 aliphatic rings. The molecule has 0 unspecified atom stereocenters. The van der Waals surface area contributed by atoms with Crippen LogP contribution in [0.4, 0.5) is 23.0 Å². The number of halogens is 3. The average Bonchev–Trinajstić information content (AvgIpc) is 1.68. The highest BCUT2D eigenvalue weighted by Crippen LogP contribution is 2.38. The standard InChI is InChI=1S/C27H21N9O.C24H17ClN6O.C17H15ClN2O.C10H17BN2O2.C7H3ClN4/c1-17(33-26-25-22(28-2)14-31-36(25)32-16-29-26)23-12-18-8-7-11-21(19-13-30-34(3)15-19)24(18)27(37)35(23)20-9-5-4-6-10-20;1-14(30-23-21-18(26-2)12-27-22(21)28-13-29-23)19-11-15-7-6-10-17(25)20(15)24(32)31(19)16-8-4-3-5-9-16;1-11(19)15-10-12-6-5-9-14(18)16(12)17(21)20(15)13-7-3-2-4-8-13;1-9(2)10(3,4)15-11(14-9)8-6-12-13(5)7-8;8-6-5-4(1-9)2-10-7(5)12-3-11-6/h4-17H,1,3H3,(H,29,32,33);3-14H,1H3,(H2,27,28,29,30);2-11H,19H2,1H3;6-7H,1-5H3;2-3H,(H,10,11,12)/p+1/t17-;14-;11-;;/m000../s1. The van der Waals surface area contributed by atoms with Crippen molar-refractivity contribution in [3.05, 3.63) is 318 Å². The molecular weight excluding hydrogens is 1540 g/mol. The maximum Gasteiger partial charge on any atom is 0.498 e. The fourth-order valence-electron chi connectivity index (χ4n) is 13.7. The second kappa shape index (κ2) is 33.6. The molecule has 32 heteroatoms. The van der Waals surface area contributed by atoms with Gasteiger partial charge < -0.3 is 35.6 Å². The van der Waals surface area contributed by atoms with Crippen LogP contribution in [0.25, 0.3) is 97.8 Å². The number of aromatic nitrogens is 17. The third-order valence-corrected chi connectivity index (χ3v) is 21.0. The molecule has 0 radical (unpaired) electrons. The number of pyridine rings is 3. The number of aromatic amines is 3. The van der Waals surface area contributed by atoms with Crippen LogP contribution in [0.5, 0.6) is 0 Å². The van der Waals surface area contributed by atoms with Gasteiger partial charge >= 0.3 is 12.6 Å². The van der Waals surface area contributed by atoms with E-state index in [2.05, 4.69) is 75.6 Å². The summed E-state index contributed by atoms with van der Waals surface area (Å²) in [7, 11) is 3.44. The Bertz CT molecular complexity index is 6900. The number of rotatable bonds is 12.